The van der Waals surface area contributed by atoms with E-state index in [-0.39, 0.29) is 17.9 Å². The van der Waals surface area contributed by atoms with Crippen molar-refractivity contribution in [2.45, 2.75) is 25.6 Å². The molecule has 1 fully saturated rings. The van der Waals surface area contributed by atoms with Crippen LogP contribution in [-0.2, 0) is 6.54 Å². The van der Waals surface area contributed by atoms with Crippen molar-refractivity contribution in [2.75, 3.05) is 5.33 Å². The molecule has 28 heavy (non-hydrogen) atoms. The zero-order valence-corrected chi connectivity index (χ0v) is 18.7. The van der Waals surface area contributed by atoms with Gasteiger partial charge in [-0.25, -0.2) is 9.38 Å². The summed E-state index contributed by atoms with van der Waals surface area (Å²) in [5, 5.41) is 7.75. The van der Waals surface area contributed by atoms with Crippen LogP contribution in [0.1, 0.15) is 24.1 Å². The van der Waals surface area contributed by atoms with Gasteiger partial charge in [-0.15, -0.1) is 0 Å². The van der Waals surface area contributed by atoms with E-state index in [0.717, 1.165) is 20.9 Å². The standard InChI is InChI=1S/C22H22Br2FN3/c1-2-3-8-16(13-23)20-21(18-10-4-5-11-19(18)24)28-22(27-20)26-14-15-7-6-9-17(25)12-15/h2-12,20-21H,13-14H2,1H3,(H2,26,27,28)/b3-2-,16-8+/t20-,21+/m1/s1. The summed E-state index contributed by atoms with van der Waals surface area (Å²) in [4.78, 5) is 4.64. The average Bonchev–Trinajstić information content (AvgIpc) is 3.11. The van der Waals surface area contributed by atoms with E-state index in [0.29, 0.717) is 12.5 Å². The van der Waals surface area contributed by atoms with Crippen molar-refractivity contribution in [1.82, 2.24) is 10.6 Å². The summed E-state index contributed by atoms with van der Waals surface area (Å²) in [6.07, 6.45) is 6.17. The van der Waals surface area contributed by atoms with Gasteiger partial charge in [-0.2, -0.15) is 0 Å². The fourth-order valence-electron chi connectivity index (χ4n) is 3.14. The van der Waals surface area contributed by atoms with Crippen LogP contribution in [-0.4, -0.2) is 17.3 Å². The Labute approximate surface area is 182 Å². The molecule has 0 saturated carbocycles. The van der Waals surface area contributed by atoms with Crippen LogP contribution in [0.2, 0.25) is 0 Å². The van der Waals surface area contributed by atoms with E-state index in [9.17, 15) is 4.39 Å². The molecule has 0 aliphatic carbocycles. The summed E-state index contributed by atoms with van der Waals surface area (Å²) in [7, 11) is 0. The highest BCUT2D eigenvalue weighted by atomic mass is 79.9. The Hall–Kier alpha value is -1.92. The Morgan fingerprint density at radius 3 is 2.71 bits per heavy atom. The molecule has 0 amide bonds. The van der Waals surface area contributed by atoms with E-state index in [1.165, 1.54) is 17.7 Å². The molecule has 0 radical (unpaired) electrons. The largest absolute Gasteiger partial charge is 0.347 e. The van der Waals surface area contributed by atoms with Gasteiger partial charge in [-0.05, 0) is 41.8 Å². The van der Waals surface area contributed by atoms with Gasteiger partial charge in [-0.1, -0.05) is 80.4 Å². The molecule has 0 unspecified atom stereocenters. The molecular weight excluding hydrogens is 485 g/mol. The Kier molecular flexibility index (Phi) is 7.45. The molecule has 0 bridgehead atoms. The van der Waals surface area contributed by atoms with Crippen molar-refractivity contribution in [3.8, 4) is 0 Å². The van der Waals surface area contributed by atoms with E-state index in [4.69, 9.17) is 0 Å². The molecular formula is C22H22Br2FN3. The van der Waals surface area contributed by atoms with Crippen molar-refractivity contribution in [2.24, 2.45) is 4.99 Å². The zero-order valence-electron chi connectivity index (χ0n) is 15.5. The summed E-state index contributed by atoms with van der Waals surface area (Å²) in [6, 6.07) is 14.8. The number of halogens is 3. The topological polar surface area (TPSA) is 36.4 Å². The minimum absolute atomic E-state index is 0.0240. The van der Waals surface area contributed by atoms with Crippen LogP contribution in [0, 0.1) is 5.82 Å². The maximum Gasteiger partial charge on any atom is 0.192 e. The first-order valence-corrected chi connectivity index (χ1v) is 11.0. The molecule has 2 aromatic carbocycles. The van der Waals surface area contributed by atoms with Crippen LogP contribution in [0.3, 0.4) is 0 Å². The van der Waals surface area contributed by atoms with Crippen LogP contribution < -0.4 is 10.6 Å². The summed E-state index contributed by atoms with van der Waals surface area (Å²) >= 11 is 7.28. The second kappa shape index (κ2) is 10.0. The maximum atomic E-state index is 13.4. The van der Waals surface area contributed by atoms with Gasteiger partial charge in [0.15, 0.2) is 5.96 Å². The Morgan fingerprint density at radius 1 is 1.18 bits per heavy atom. The van der Waals surface area contributed by atoms with E-state index in [1.54, 1.807) is 6.07 Å². The molecule has 3 nitrogen and oxygen atoms in total. The summed E-state index contributed by atoms with van der Waals surface area (Å²) in [5.74, 6) is 0.465. The lowest BCUT2D eigenvalue weighted by Crippen LogP contribution is -2.31. The van der Waals surface area contributed by atoms with Gasteiger partial charge in [0, 0.05) is 9.80 Å². The second-order valence-corrected chi connectivity index (χ2v) is 7.88. The van der Waals surface area contributed by atoms with Gasteiger partial charge in [0.2, 0.25) is 0 Å². The number of hydrogen-bond acceptors (Lipinski definition) is 1. The van der Waals surface area contributed by atoms with Gasteiger partial charge in [0.05, 0.1) is 18.6 Å². The maximum absolute atomic E-state index is 13.4. The highest BCUT2D eigenvalue weighted by Gasteiger charge is 2.34. The van der Waals surface area contributed by atoms with Gasteiger partial charge in [0.1, 0.15) is 5.82 Å². The highest BCUT2D eigenvalue weighted by Crippen LogP contribution is 2.31. The van der Waals surface area contributed by atoms with Crippen LogP contribution >= 0.6 is 31.9 Å². The van der Waals surface area contributed by atoms with Gasteiger partial charge in [0.25, 0.3) is 0 Å². The van der Waals surface area contributed by atoms with E-state index < -0.39 is 0 Å². The third-order valence-electron chi connectivity index (χ3n) is 4.52. The number of hydrogen-bond donors (Lipinski definition) is 2. The van der Waals surface area contributed by atoms with Gasteiger partial charge in [-0.3, -0.25) is 0 Å². The second-order valence-electron chi connectivity index (χ2n) is 6.46. The summed E-state index contributed by atoms with van der Waals surface area (Å²) < 4.78 is 14.5. The fourth-order valence-corrected chi connectivity index (χ4v) is 4.21. The van der Waals surface area contributed by atoms with Crippen molar-refractivity contribution >= 4 is 37.8 Å². The first kappa shape index (κ1) is 20.8. The number of nitrogens with one attached hydrogen (secondary N) is 2. The van der Waals surface area contributed by atoms with E-state index in [1.807, 2.05) is 43.3 Å². The molecule has 146 valence electrons. The lowest BCUT2D eigenvalue weighted by molar-refractivity contribution is 0.588. The molecule has 0 aromatic heterocycles. The number of nitrogens with zero attached hydrogens (tertiary/aromatic N) is 1. The molecule has 1 heterocycles. The first-order valence-electron chi connectivity index (χ1n) is 9.06. The Balaban J connectivity index is 1.89. The summed E-state index contributed by atoms with van der Waals surface area (Å²) in [6.45, 7) is 2.41. The highest BCUT2D eigenvalue weighted by molar-refractivity contribution is 9.10. The van der Waals surface area contributed by atoms with Crippen LogP contribution in [0.25, 0.3) is 0 Å². The Bertz CT molecular complexity index is 908. The predicted molar refractivity (Wildman–Crippen MR) is 121 cm³/mol. The molecule has 1 aliphatic rings. The van der Waals surface area contributed by atoms with E-state index in [2.05, 4.69) is 59.6 Å². The van der Waals surface area contributed by atoms with Crippen molar-refractivity contribution < 1.29 is 4.39 Å². The summed E-state index contributed by atoms with van der Waals surface area (Å²) in [5.41, 5.74) is 3.20. The lowest BCUT2D eigenvalue weighted by Gasteiger charge is -2.22. The predicted octanol–water partition coefficient (Wildman–Crippen LogP) is 5.64. The van der Waals surface area contributed by atoms with Crippen LogP contribution in [0.4, 0.5) is 4.39 Å². The molecule has 2 N–H and O–H groups in total. The van der Waals surface area contributed by atoms with Crippen molar-refractivity contribution in [1.29, 1.82) is 0 Å². The molecule has 6 heteroatoms. The number of allylic oxidation sites excluding steroid dienone is 3. The monoisotopic (exact) mass is 505 g/mol. The van der Waals surface area contributed by atoms with Gasteiger partial charge < -0.3 is 10.6 Å². The van der Waals surface area contributed by atoms with E-state index >= 15 is 0 Å². The third kappa shape index (κ3) is 5.11. The fraction of sp³-hybridized carbons (Fsp3) is 0.227. The quantitative estimate of drug-likeness (QED) is 0.392. The van der Waals surface area contributed by atoms with Gasteiger partial charge >= 0.3 is 0 Å². The normalized spacial score (nSPS) is 21.1. The molecule has 3 rings (SSSR count). The average molecular weight is 507 g/mol. The first-order chi connectivity index (χ1) is 13.6. The van der Waals surface area contributed by atoms with Crippen molar-refractivity contribution in [3.05, 3.63) is 93.7 Å². The minimum Gasteiger partial charge on any atom is -0.347 e. The molecule has 2 atom stereocenters. The minimum atomic E-state index is -0.245. The number of benzene rings is 2. The number of aliphatic imine (C=N–C) groups is 1. The lowest BCUT2D eigenvalue weighted by atomic mass is 9.95. The van der Waals surface area contributed by atoms with Crippen LogP contribution in [0.5, 0.6) is 0 Å². The zero-order chi connectivity index (χ0) is 19.9. The van der Waals surface area contributed by atoms with Crippen LogP contribution in [0.15, 0.2) is 81.8 Å². The third-order valence-corrected chi connectivity index (χ3v) is 5.89. The molecule has 1 aliphatic heterocycles. The molecule has 2 aromatic rings. The van der Waals surface area contributed by atoms with Crippen molar-refractivity contribution in [3.63, 3.8) is 0 Å². The number of guanidine groups is 1. The number of alkyl halides is 1. The smallest absolute Gasteiger partial charge is 0.192 e. The molecule has 0 spiro atoms. The Morgan fingerprint density at radius 2 is 2.00 bits per heavy atom. The SMILES string of the molecule is C/C=C\C=C(/CBr)[C@H]1NC(=NCc2cccc(F)c2)N[C@H]1c1ccccc1Br. The molecule has 1 saturated heterocycles. The number of rotatable bonds is 6.